The minimum Gasteiger partial charge on any atom is -0.378 e. The van der Waals surface area contributed by atoms with Crippen LogP contribution in [0.5, 0.6) is 0 Å². The van der Waals surface area contributed by atoms with Gasteiger partial charge in [-0.2, -0.15) is 0 Å². The molecule has 144 valence electrons. The van der Waals surface area contributed by atoms with Crippen molar-refractivity contribution < 1.29 is 17.9 Å². The maximum Gasteiger partial charge on any atom is 0.264 e. The summed E-state index contributed by atoms with van der Waals surface area (Å²) >= 11 is 6.22. The van der Waals surface area contributed by atoms with Crippen molar-refractivity contribution in [3.05, 3.63) is 58.6 Å². The average molecular weight is 409 g/mol. The minimum absolute atomic E-state index is 0.187. The van der Waals surface area contributed by atoms with Crippen LogP contribution in [0, 0.1) is 6.92 Å². The largest absolute Gasteiger partial charge is 0.378 e. The Hall–Kier alpha value is -2.09. The summed E-state index contributed by atoms with van der Waals surface area (Å²) in [6, 6.07) is 11.3. The highest BCUT2D eigenvalue weighted by molar-refractivity contribution is 7.92. The zero-order valence-corrected chi connectivity index (χ0v) is 16.8. The number of sulfonamides is 1. The fourth-order valence-electron chi connectivity index (χ4n) is 2.82. The number of carbonyl (C=O) groups excluding carboxylic acids is 1. The van der Waals surface area contributed by atoms with Gasteiger partial charge in [0.15, 0.2) is 0 Å². The predicted octanol–water partition coefficient (Wildman–Crippen LogP) is 2.95. The number of amides is 1. The quantitative estimate of drug-likeness (QED) is 0.780. The Morgan fingerprint density at radius 2 is 1.74 bits per heavy atom. The molecule has 1 saturated heterocycles. The van der Waals surface area contributed by atoms with Gasteiger partial charge in [0.2, 0.25) is 0 Å². The van der Waals surface area contributed by atoms with Gasteiger partial charge in [-0.15, -0.1) is 0 Å². The topological polar surface area (TPSA) is 66.9 Å². The monoisotopic (exact) mass is 408 g/mol. The van der Waals surface area contributed by atoms with E-state index < -0.39 is 10.0 Å². The normalized spacial score (nSPS) is 14.9. The number of nitrogens with zero attached hydrogens (tertiary/aromatic N) is 2. The van der Waals surface area contributed by atoms with Gasteiger partial charge in [-0.05, 0) is 37.3 Å². The fourth-order valence-corrected chi connectivity index (χ4v) is 4.20. The third-order valence-electron chi connectivity index (χ3n) is 4.52. The van der Waals surface area contributed by atoms with Crippen LogP contribution in [-0.4, -0.2) is 52.6 Å². The molecule has 1 aliphatic heterocycles. The molecule has 6 nitrogen and oxygen atoms in total. The fraction of sp³-hybridized carbons (Fsp3) is 0.316. The third kappa shape index (κ3) is 4.10. The molecule has 0 spiro atoms. The highest BCUT2D eigenvalue weighted by Crippen LogP contribution is 2.28. The van der Waals surface area contributed by atoms with Gasteiger partial charge in [0.1, 0.15) is 0 Å². The number of carbonyl (C=O) groups is 1. The van der Waals surface area contributed by atoms with E-state index in [4.69, 9.17) is 16.3 Å². The van der Waals surface area contributed by atoms with Crippen molar-refractivity contribution >= 4 is 33.2 Å². The van der Waals surface area contributed by atoms with Gasteiger partial charge in [0, 0.05) is 20.1 Å². The van der Waals surface area contributed by atoms with Gasteiger partial charge in [0.25, 0.3) is 15.9 Å². The number of benzene rings is 2. The molecule has 0 unspecified atom stereocenters. The first-order valence-corrected chi connectivity index (χ1v) is 10.3. The van der Waals surface area contributed by atoms with Gasteiger partial charge >= 0.3 is 0 Å². The summed E-state index contributed by atoms with van der Waals surface area (Å²) in [5, 5.41) is 0.288. The average Bonchev–Trinajstić information content (AvgIpc) is 2.68. The van der Waals surface area contributed by atoms with E-state index in [9.17, 15) is 13.2 Å². The van der Waals surface area contributed by atoms with E-state index in [1.165, 1.54) is 13.1 Å². The van der Waals surface area contributed by atoms with Crippen LogP contribution in [0.15, 0.2) is 47.4 Å². The third-order valence-corrected chi connectivity index (χ3v) is 6.65. The molecule has 1 fully saturated rings. The number of hydrogen-bond donors (Lipinski definition) is 0. The number of morpholine rings is 1. The van der Waals surface area contributed by atoms with Crippen LogP contribution < -0.4 is 4.31 Å². The van der Waals surface area contributed by atoms with Crippen LogP contribution >= 0.6 is 11.6 Å². The van der Waals surface area contributed by atoms with Gasteiger partial charge in [-0.25, -0.2) is 8.42 Å². The first-order chi connectivity index (χ1) is 12.8. The smallest absolute Gasteiger partial charge is 0.264 e. The predicted molar refractivity (Wildman–Crippen MR) is 105 cm³/mol. The lowest BCUT2D eigenvalue weighted by Gasteiger charge is -2.27. The maximum absolute atomic E-state index is 12.9. The molecule has 1 heterocycles. The second-order valence-corrected chi connectivity index (χ2v) is 8.73. The van der Waals surface area contributed by atoms with E-state index in [2.05, 4.69) is 0 Å². The molecule has 3 rings (SSSR count). The standard InChI is InChI=1S/C19H21ClN2O4S/c1-14-3-6-16(7-4-14)27(24,25)21(2)15-5-8-18(20)17(13-15)19(23)22-9-11-26-12-10-22/h3-8,13H,9-12H2,1-2H3. The molecule has 0 aliphatic carbocycles. The Bertz CT molecular complexity index is 939. The number of halogens is 1. The molecular formula is C19H21ClN2O4S. The molecule has 0 N–H and O–H groups in total. The maximum atomic E-state index is 12.9. The Balaban J connectivity index is 1.92. The van der Waals surface area contributed by atoms with Crippen molar-refractivity contribution in [1.82, 2.24) is 4.90 Å². The molecule has 2 aromatic carbocycles. The lowest BCUT2D eigenvalue weighted by atomic mass is 10.1. The molecule has 8 heteroatoms. The van der Waals surface area contributed by atoms with Crippen LogP contribution in [0.3, 0.4) is 0 Å². The first kappa shape index (κ1) is 19.7. The molecule has 0 saturated carbocycles. The van der Waals surface area contributed by atoms with Crippen molar-refractivity contribution in [3.63, 3.8) is 0 Å². The van der Waals surface area contributed by atoms with Crippen LogP contribution in [0.2, 0.25) is 5.02 Å². The summed E-state index contributed by atoms with van der Waals surface area (Å²) in [5.41, 5.74) is 1.63. The highest BCUT2D eigenvalue weighted by atomic mass is 35.5. The van der Waals surface area contributed by atoms with E-state index in [1.54, 1.807) is 41.3 Å². The molecule has 0 aromatic heterocycles. The van der Waals surface area contributed by atoms with Crippen molar-refractivity contribution in [1.29, 1.82) is 0 Å². The van der Waals surface area contributed by atoms with E-state index >= 15 is 0 Å². The molecule has 27 heavy (non-hydrogen) atoms. The van der Waals surface area contributed by atoms with Crippen molar-refractivity contribution in [2.45, 2.75) is 11.8 Å². The summed E-state index contributed by atoms with van der Waals surface area (Å²) in [7, 11) is -2.28. The van der Waals surface area contributed by atoms with Gasteiger partial charge in [-0.3, -0.25) is 9.10 Å². The van der Waals surface area contributed by atoms with E-state index in [1.807, 2.05) is 6.92 Å². The van der Waals surface area contributed by atoms with Crippen LogP contribution in [0.4, 0.5) is 5.69 Å². The molecule has 2 aromatic rings. The van der Waals surface area contributed by atoms with E-state index in [0.717, 1.165) is 9.87 Å². The number of ether oxygens (including phenoxy) is 1. The molecule has 0 bridgehead atoms. The second kappa shape index (κ2) is 7.88. The second-order valence-electron chi connectivity index (χ2n) is 6.35. The first-order valence-electron chi connectivity index (χ1n) is 8.53. The van der Waals surface area contributed by atoms with Crippen molar-refractivity contribution in [2.75, 3.05) is 37.7 Å². The lowest BCUT2D eigenvalue weighted by Crippen LogP contribution is -2.40. The van der Waals surface area contributed by atoms with Crippen LogP contribution in [0.25, 0.3) is 0 Å². The summed E-state index contributed by atoms with van der Waals surface area (Å²) in [4.78, 5) is 14.6. The lowest BCUT2D eigenvalue weighted by molar-refractivity contribution is 0.0303. The zero-order chi connectivity index (χ0) is 19.6. The Labute approximate surface area is 164 Å². The highest BCUT2D eigenvalue weighted by Gasteiger charge is 2.25. The minimum atomic E-state index is -3.74. The summed E-state index contributed by atoms with van der Waals surface area (Å²) in [6.07, 6.45) is 0. The Kier molecular flexibility index (Phi) is 5.74. The summed E-state index contributed by atoms with van der Waals surface area (Å²) in [6.45, 7) is 3.81. The SMILES string of the molecule is Cc1ccc(S(=O)(=O)N(C)c2ccc(Cl)c(C(=O)N3CCOCC3)c2)cc1. The van der Waals surface area contributed by atoms with Gasteiger partial charge in [-0.1, -0.05) is 29.3 Å². The number of anilines is 1. The molecule has 1 aliphatic rings. The van der Waals surface area contributed by atoms with Gasteiger partial charge in [0.05, 0.1) is 34.4 Å². The molecular weight excluding hydrogens is 388 g/mol. The Morgan fingerprint density at radius 1 is 1.11 bits per heavy atom. The zero-order valence-electron chi connectivity index (χ0n) is 15.2. The summed E-state index contributed by atoms with van der Waals surface area (Å²) in [5.74, 6) is -0.230. The number of rotatable bonds is 4. The molecule has 0 radical (unpaired) electrons. The number of hydrogen-bond acceptors (Lipinski definition) is 4. The summed E-state index contributed by atoms with van der Waals surface area (Å²) < 4.78 is 32.2. The van der Waals surface area contributed by atoms with Crippen molar-refractivity contribution in [3.8, 4) is 0 Å². The number of aryl methyl sites for hydroxylation is 1. The van der Waals surface area contributed by atoms with Crippen LogP contribution in [0.1, 0.15) is 15.9 Å². The van der Waals surface area contributed by atoms with Crippen molar-refractivity contribution in [2.24, 2.45) is 0 Å². The van der Waals surface area contributed by atoms with E-state index in [0.29, 0.717) is 32.0 Å². The molecule has 1 amide bonds. The Morgan fingerprint density at radius 3 is 2.37 bits per heavy atom. The molecule has 0 atom stereocenters. The van der Waals surface area contributed by atoms with Crippen LogP contribution in [-0.2, 0) is 14.8 Å². The van der Waals surface area contributed by atoms with E-state index in [-0.39, 0.29) is 21.4 Å². The van der Waals surface area contributed by atoms with Gasteiger partial charge < -0.3 is 9.64 Å².